The van der Waals surface area contributed by atoms with Crippen molar-refractivity contribution in [3.8, 4) is 0 Å². The van der Waals surface area contributed by atoms with Crippen molar-refractivity contribution >= 4 is 11.9 Å². The van der Waals surface area contributed by atoms with Gasteiger partial charge in [0.15, 0.2) is 6.29 Å². The number of amides is 1. The van der Waals surface area contributed by atoms with Gasteiger partial charge >= 0.3 is 5.97 Å². The average Bonchev–Trinajstić information content (AvgIpc) is 2.61. The Hall–Kier alpha value is -2.61. The van der Waals surface area contributed by atoms with Crippen molar-refractivity contribution in [2.24, 2.45) is 5.11 Å². The van der Waals surface area contributed by atoms with Crippen molar-refractivity contribution in [3.05, 3.63) is 46.3 Å². The van der Waals surface area contributed by atoms with Gasteiger partial charge in [0.25, 0.3) is 0 Å². The summed E-state index contributed by atoms with van der Waals surface area (Å²) in [5.74, 6) is -0.823. The van der Waals surface area contributed by atoms with E-state index in [0.29, 0.717) is 12.0 Å². The number of benzene rings is 1. The van der Waals surface area contributed by atoms with E-state index in [9.17, 15) is 9.59 Å². The van der Waals surface area contributed by atoms with E-state index in [2.05, 4.69) is 15.3 Å². The molecule has 0 spiro atoms. The van der Waals surface area contributed by atoms with Gasteiger partial charge < -0.3 is 19.5 Å². The molecule has 1 amide bonds. The first-order valence-electron chi connectivity index (χ1n) is 7.77. The van der Waals surface area contributed by atoms with E-state index in [-0.39, 0.29) is 12.5 Å². The van der Waals surface area contributed by atoms with Crippen LogP contribution in [-0.4, -0.2) is 50.1 Å². The zero-order valence-electron chi connectivity index (χ0n) is 14.0. The molecule has 0 aliphatic carbocycles. The number of ether oxygens (including phenoxy) is 3. The number of nitrogens with zero attached hydrogens (tertiary/aromatic N) is 3. The summed E-state index contributed by atoms with van der Waals surface area (Å²) in [6.07, 6.45) is -1.86. The van der Waals surface area contributed by atoms with Gasteiger partial charge in [-0.2, -0.15) is 0 Å². The number of azide groups is 1. The molecular formula is C16H20N4O5. The maximum atomic E-state index is 12.4. The molecule has 9 nitrogen and oxygen atoms in total. The van der Waals surface area contributed by atoms with Crippen molar-refractivity contribution < 1.29 is 23.8 Å². The van der Waals surface area contributed by atoms with Gasteiger partial charge in [-0.1, -0.05) is 23.3 Å². The third-order valence-electron chi connectivity index (χ3n) is 3.76. The Morgan fingerprint density at radius 2 is 2.12 bits per heavy atom. The SMILES string of the molecule is CO[C@@H]1C[C@H](NC(C)=O)[C@H](OC(=O)c2ccccc2)[C@@H](CN=[N+]=[N-])O1. The molecule has 2 rings (SSSR count). The summed E-state index contributed by atoms with van der Waals surface area (Å²) in [7, 11) is 1.47. The lowest BCUT2D eigenvalue weighted by Crippen LogP contribution is -2.58. The zero-order valence-corrected chi connectivity index (χ0v) is 14.0. The van der Waals surface area contributed by atoms with Crippen molar-refractivity contribution in [1.82, 2.24) is 5.32 Å². The van der Waals surface area contributed by atoms with E-state index in [4.69, 9.17) is 19.7 Å². The van der Waals surface area contributed by atoms with E-state index >= 15 is 0 Å². The number of hydrogen-bond acceptors (Lipinski definition) is 6. The quantitative estimate of drug-likeness (QED) is 0.363. The summed E-state index contributed by atoms with van der Waals surface area (Å²) in [6, 6.07) is 7.95. The van der Waals surface area contributed by atoms with Crippen molar-refractivity contribution in [3.63, 3.8) is 0 Å². The molecule has 0 bridgehead atoms. The standard InChI is InChI=1S/C16H20N4O5/c1-10(21)19-12-8-14(23-2)24-13(9-18-20-17)15(12)25-16(22)11-6-4-3-5-7-11/h3-7,12-15H,8-9H2,1-2H3,(H,19,21)/t12-,13+,14-,15-/m0/s1. The van der Waals surface area contributed by atoms with Crippen LogP contribution in [-0.2, 0) is 19.0 Å². The van der Waals surface area contributed by atoms with E-state index < -0.39 is 30.5 Å². The minimum atomic E-state index is -0.812. The molecule has 0 unspecified atom stereocenters. The van der Waals surface area contributed by atoms with E-state index in [1.165, 1.54) is 14.0 Å². The van der Waals surface area contributed by atoms with Gasteiger partial charge in [0, 0.05) is 25.4 Å². The highest BCUT2D eigenvalue weighted by atomic mass is 16.7. The molecule has 1 aromatic carbocycles. The smallest absolute Gasteiger partial charge is 0.338 e. The Morgan fingerprint density at radius 3 is 2.72 bits per heavy atom. The first kappa shape index (κ1) is 18.7. The maximum absolute atomic E-state index is 12.4. The van der Waals surface area contributed by atoms with Crippen LogP contribution in [0.4, 0.5) is 0 Å². The molecule has 0 saturated carbocycles. The fourth-order valence-corrected chi connectivity index (χ4v) is 2.67. The molecule has 1 aromatic rings. The molecule has 9 heteroatoms. The fourth-order valence-electron chi connectivity index (χ4n) is 2.67. The van der Waals surface area contributed by atoms with Gasteiger partial charge in [0.05, 0.1) is 18.2 Å². The number of methoxy groups -OCH3 is 1. The van der Waals surface area contributed by atoms with Crippen LogP contribution in [0.3, 0.4) is 0 Å². The average molecular weight is 348 g/mol. The van der Waals surface area contributed by atoms with Crippen LogP contribution >= 0.6 is 0 Å². The molecule has 25 heavy (non-hydrogen) atoms. The molecule has 1 N–H and O–H groups in total. The molecule has 1 saturated heterocycles. The Labute approximate surface area is 144 Å². The second kappa shape index (κ2) is 9.03. The molecular weight excluding hydrogens is 328 g/mol. The highest BCUT2D eigenvalue weighted by molar-refractivity contribution is 5.89. The number of carbonyl (C=O) groups excluding carboxylic acids is 2. The lowest BCUT2D eigenvalue weighted by molar-refractivity contribution is -0.217. The Morgan fingerprint density at radius 1 is 1.40 bits per heavy atom. The molecule has 134 valence electrons. The van der Waals surface area contributed by atoms with Gasteiger partial charge in [-0.25, -0.2) is 4.79 Å². The van der Waals surface area contributed by atoms with Crippen LogP contribution in [0, 0.1) is 0 Å². The van der Waals surface area contributed by atoms with Gasteiger partial charge in [-0.15, -0.1) is 0 Å². The predicted octanol–water partition coefficient (Wildman–Crippen LogP) is 1.79. The summed E-state index contributed by atoms with van der Waals surface area (Å²) in [5.41, 5.74) is 8.95. The Balaban J connectivity index is 2.22. The minimum Gasteiger partial charge on any atom is -0.454 e. The normalized spacial score (nSPS) is 25.5. The first-order valence-corrected chi connectivity index (χ1v) is 7.77. The van der Waals surface area contributed by atoms with Crippen LogP contribution in [0.25, 0.3) is 10.4 Å². The first-order chi connectivity index (χ1) is 12.0. The summed E-state index contributed by atoms with van der Waals surface area (Å²) in [5, 5.41) is 6.25. The number of carbonyl (C=O) groups is 2. The highest BCUT2D eigenvalue weighted by Crippen LogP contribution is 2.25. The Bertz CT molecular complexity index is 633. The number of rotatable bonds is 6. The summed E-state index contributed by atoms with van der Waals surface area (Å²) in [4.78, 5) is 26.6. The molecule has 0 radical (unpaired) electrons. The minimum absolute atomic E-state index is 0.0564. The van der Waals surface area contributed by atoms with Gasteiger partial charge in [0.2, 0.25) is 5.91 Å². The molecule has 1 aliphatic rings. The maximum Gasteiger partial charge on any atom is 0.338 e. The molecule has 4 atom stereocenters. The summed E-state index contributed by atoms with van der Waals surface area (Å²) >= 11 is 0. The summed E-state index contributed by atoms with van der Waals surface area (Å²) in [6.45, 7) is 1.31. The van der Waals surface area contributed by atoms with E-state index in [0.717, 1.165) is 0 Å². The predicted molar refractivity (Wildman–Crippen MR) is 87.6 cm³/mol. The molecule has 1 fully saturated rings. The van der Waals surface area contributed by atoms with E-state index in [1.807, 2.05) is 0 Å². The second-order valence-corrected chi connectivity index (χ2v) is 5.53. The lowest BCUT2D eigenvalue weighted by atomic mass is 9.98. The second-order valence-electron chi connectivity index (χ2n) is 5.53. The van der Waals surface area contributed by atoms with Crippen LogP contribution in [0.2, 0.25) is 0 Å². The zero-order chi connectivity index (χ0) is 18.2. The molecule has 1 aliphatic heterocycles. The number of nitrogens with one attached hydrogen (secondary N) is 1. The topological polar surface area (TPSA) is 123 Å². The molecule has 1 heterocycles. The summed E-state index contributed by atoms with van der Waals surface area (Å²) < 4.78 is 16.5. The number of hydrogen-bond donors (Lipinski definition) is 1. The third-order valence-corrected chi connectivity index (χ3v) is 3.76. The monoisotopic (exact) mass is 348 g/mol. The fraction of sp³-hybridized carbons (Fsp3) is 0.500. The van der Waals surface area contributed by atoms with Gasteiger partial charge in [-0.05, 0) is 17.7 Å². The Kier molecular flexibility index (Phi) is 6.76. The number of esters is 1. The molecule has 0 aromatic heterocycles. The van der Waals surface area contributed by atoms with Crippen molar-refractivity contribution in [2.75, 3.05) is 13.7 Å². The van der Waals surface area contributed by atoms with Crippen LogP contribution in [0.5, 0.6) is 0 Å². The van der Waals surface area contributed by atoms with Crippen molar-refractivity contribution in [1.29, 1.82) is 0 Å². The third kappa shape index (κ3) is 5.18. The van der Waals surface area contributed by atoms with Gasteiger partial charge in [0.1, 0.15) is 12.2 Å². The highest BCUT2D eigenvalue weighted by Gasteiger charge is 2.41. The van der Waals surface area contributed by atoms with Crippen molar-refractivity contribution in [2.45, 2.75) is 37.9 Å². The van der Waals surface area contributed by atoms with Crippen LogP contribution in [0.15, 0.2) is 35.4 Å². The van der Waals surface area contributed by atoms with E-state index in [1.54, 1.807) is 30.3 Å². The van der Waals surface area contributed by atoms with Gasteiger partial charge in [-0.3, -0.25) is 4.79 Å². The lowest BCUT2D eigenvalue weighted by Gasteiger charge is -2.40. The largest absolute Gasteiger partial charge is 0.454 e. The van der Waals surface area contributed by atoms with Crippen LogP contribution < -0.4 is 5.32 Å². The van der Waals surface area contributed by atoms with Crippen LogP contribution in [0.1, 0.15) is 23.7 Å².